The molecule has 132 valence electrons. The Bertz CT molecular complexity index is 625. The Morgan fingerprint density at radius 2 is 2.00 bits per heavy atom. The summed E-state index contributed by atoms with van der Waals surface area (Å²) in [5, 5.41) is 3.95. The van der Waals surface area contributed by atoms with Crippen LogP contribution in [0.5, 0.6) is 0 Å². The van der Waals surface area contributed by atoms with Crippen LogP contribution in [-0.2, 0) is 17.6 Å². The summed E-state index contributed by atoms with van der Waals surface area (Å²) >= 11 is 3.36. The number of alkyl halides is 3. The average Bonchev–Trinajstić information content (AvgIpc) is 2.95. The lowest BCUT2D eigenvalue weighted by atomic mass is 9.89. The number of benzene rings is 1. The third kappa shape index (κ3) is 4.11. The van der Waals surface area contributed by atoms with E-state index >= 15 is 0 Å². The minimum absolute atomic E-state index is 0.161. The first-order chi connectivity index (χ1) is 11.3. The van der Waals surface area contributed by atoms with E-state index in [0.29, 0.717) is 18.0 Å². The van der Waals surface area contributed by atoms with Crippen LogP contribution in [0, 0.1) is 12.8 Å². The maximum atomic E-state index is 12.7. The van der Waals surface area contributed by atoms with E-state index < -0.39 is 11.7 Å². The van der Waals surface area contributed by atoms with Crippen LogP contribution in [-0.4, -0.2) is 28.7 Å². The molecule has 0 saturated carbocycles. The van der Waals surface area contributed by atoms with E-state index in [0.717, 1.165) is 42.5 Å². The number of aryl methyl sites for hydroxylation is 1. The summed E-state index contributed by atoms with van der Waals surface area (Å²) in [6, 6.07) is 4.02. The molecular weight excluding hydrogens is 385 g/mol. The number of rotatable bonds is 3. The molecule has 0 aromatic heterocycles. The molecule has 0 spiro atoms. The highest BCUT2D eigenvalue weighted by Gasteiger charge is 2.33. The smallest absolute Gasteiger partial charge is 0.391 e. The molecule has 24 heavy (non-hydrogen) atoms. The lowest BCUT2D eigenvalue weighted by Gasteiger charge is -2.34. The van der Waals surface area contributed by atoms with Crippen molar-refractivity contribution in [2.24, 2.45) is 11.1 Å². The zero-order valence-electron chi connectivity index (χ0n) is 13.4. The summed E-state index contributed by atoms with van der Waals surface area (Å²) < 4.78 is 39.1. The molecule has 3 nitrogen and oxygen atoms in total. The molecule has 2 heterocycles. The fourth-order valence-corrected chi connectivity index (χ4v) is 3.79. The zero-order valence-corrected chi connectivity index (χ0v) is 15.0. The Hall–Kier alpha value is -1.08. The lowest BCUT2D eigenvalue weighted by Crippen LogP contribution is -2.37. The van der Waals surface area contributed by atoms with Crippen molar-refractivity contribution in [3.05, 3.63) is 34.9 Å². The Morgan fingerprint density at radius 3 is 2.54 bits per heavy atom. The summed E-state index contributed by atoms with van der Waals surface area (Å²) in [5.41, 5.74) is 1.08. The fraction of sp³-hybridized carbons (Fsp3) is 0.588. The highest BCUT2D eigenvalue weighted by molar-refractivity contribution is 9.18. The van der Waals surface area contributed by atoms with Crippen molar-refractivity contribution in [2.45, 2.75) is 45.0 Å². The van der Waals surface area contributed by atoms with Gasteiger partial charge in [-0.15, -0.1) is 0 Å². The maximum absolute atomic E-state index is 12.7. The Balaban J connectivity index is 1.55. The molecule has 1 aromatic carbocycles. The zero-order chi connectivity index (χ0) is 17.3. The van der Waals surface area contributed by atoms with Gasteiger partial charge in [0.1, 0.15) is 10.7 Å². The SMILES string of the molecule is Cc1cc(C(F)(F)F)ccc1CN1CCC([C@H]2CC(Br)=NO2)CC1. The normalized spacial score (nSPS) is 23.2. The standard InChI is InChI=1S/C17H20BrF3N2O/c1-11-8-14(17(19,20)21)3-2-13(11)10-23-6-4-12(5-7-23)15-9-16(18)22-24-15/h2-3,8,12,15H,4-7,9-10H2,1H3/t15-/m1/s1. The molecule has 3 rings (SSSR count). The molecule has 1 fully saturated rings. The van der Waals surface area contributed by atoms with Gasteiger partial charge in [-0.05, 0) is 72.0 Å². The van der Waals surface area contributed by atoms with Gasteiger partial charge in [0, 0.05) is 18.9 Å². The van der Waals surface area contributed by atoms with Crippen molar-refractivity contribution >= 4 is 20.6 Å². The number of hydrogen-bond donors (Lipinski definition) is 0. The second-order valence-electron chi connectivity index (χ2n) is 6.57. The van der Waals surface area contributed by atoms with Gasteiger partial charge in [0.15, 0.2) is 0 Å². The second-order valence-corrected chi connectivity index (χ2v) is 7.48. The molecule has 1 saturated heterocycles. The van der Waals surface area contributed by atoms with Crippen LogP contribution >= 0.6 is 15.9 Å². The first-order valence-corrected chi connectivity index (χ1v) is 8.89. The molecule has 1 aromatic rings. The van der Waals surface area contributed by atoms with Gasteiger partial charge in [0.2, 0.25) is 0 Å². The number of likely N-dealkylation sites (tertiary alicyclic amines) is 1. The highest BCUT2D eigenvalue weighted by Crippen LogP contribution is 2.32. The molecule has 0 aliphatic carbocycles. The minimum atomic E-state index is -4.28. The van der Waals surface area contributed by atoms with Crippen molar-refractivity contribution in [3.8, 4) is 0 Å². The van der Waals surface area contributed by atoms with E-state index in [4.69, 9.17) is 4.84 Å². The number of oxime groups is 1. The number of hydrogen-bond acceptors (Lipinski definition) is 3. The highest BCUT2D eigenvalue weighted by atomic mass is 79.9. The summed E-state index contributed by atoms with van der Waals surface area (Å²) in [5.74, 6) is 0.494. The quantitative estimate of drug-likeness (QED) is 0.727. The minimum Gasteiger partial charge on any atom is -0.391 e. The third-order valence-corrected chi connectivity index (χ3v) is 5.35. The molecule has 2 aliphatic rings. The largest absolute Gasteiger partial charge is 0.416 e. The van der Waals surface area contributed by atoms with E-state index in [2.05, 4.69) is 26.0 Å². The van der Waals surface area contributed by atoms with Crippen molar-refractivity contribution < 1.29 is 18.0 Å². The van der Waals surface area contributed by atoms with Crippen molar-refractivity contribution in [1.29, 1.82) is 0 Å². The Labute approximate surface area is 148 Å². The van der Waals surface area contributed by atoms with Gasteiger partial charge in [0.05, 0.1) is 5.56 Å². The topological polar surface area (TPSA) is 24.8 Å². The molecule has 0 amide bonds. The summed E-state index contributed by atoms with van der Waals surface area (Å²) in [6.45, 7) is 4.31. The van der Waals surface area contributed by atoms with Crippen LogP contribution in [0.2, 0.25) is 0 Å². The maximum Gasteiger partial charge on any atom is 0.416 e. The van der Waals surface area contributed by atoms with E-state index in [9.17, 15) is 13.2 Å². The van der Waals surface area contributed by atoms with Gasteiger partial charge in [0.25, 0.3) is 0 Å². The van der Waals surface area contributed by atoms with Crippen molar-refractivity contribution in [3.63, 3.8) is 0 Å². The summed E-state index contributed by atoms with van der Waals surface area (Å²) in [7, 11) is 0. The van der Waals surface area contributed by atoms with E-state index in [1.807, 2.05) is 0 Å². The van der Waals surface area contributed by atoms with E-state index in [-0.39, 0.29) is 6.10 Å². The van der Waals surface area contributed by atoms with Crippen LogP contribution in [0.25, 0.3) is 0 Å². The predicted octanol–water partition coefficient (Wildman–Crippen LogP) is 4.72. The van der Waals surface area contributed by atoms with Gasteiger partial charge in [-0.1, -0.05) is 11.2 Å². The molecule has 0 unspecified atom stereocenters. The Morgan fingerprint density at radius 1 is 1.29 bits per heavy atom. The van der Waals surface area contributed by atoms with Gasteiger partial charge in [-0.25, -0.2) is 0 Å². The first-order valence-electron chi connectivity index (χ1n) is 8.10. The van der Waals surface area contributed by atoms with Gasteiger partial charge in [-0.3, -0.25) is 4.90 Å². The first kappa shape index (κ1) is 17.7. The number of nitrogens with zero attached hydrogens (tertiary/aromatic N) is 2. The van der Waals surface area contributed by atoms with Crippen LogP contribution in [0.1, 0.15) is 36.0 Å². The molecule has 0 N–H and O–H groups in total. The fourth-order valence-electron chi connectivity index (χ4n) is 3.39. The summed E-state index contributed by atoms with van der Waals surface area (Å²) in [4.78, 5) is 7.74. The van der Waals surface area contributed by atoms with Crippen LogP contribution in [0.15, 0.2) is 23.4 Å². The van der Waals surface area contributed by atoms with Gasteiger partial charge < -0.3 is 4.84 Å². The van der Waals surface area contributed by atoms with Crippen molar-refractivity contribution in [2.75, 3.05) is 13.1 Å². The molecule has 0 radical (unpaired) electrons. The average molecular weight is 405 g/mol. The van der Waals surface area contributed by atoms with Gasteiger partial charge in [-0.2, -0.15) is 13.2 Å². The predicted molar refractivity (Wildman–Crippen MR) is 90.0 cm³/mol. The number of halogens is 4. The third-order valence-electron chi connectivity index (χ3n) is 4.88. The van der Waals surface area contributed by atoms with Gasteiger partial charge >= 0.3 is 6.18 Å². The lowest BCUT2D eigenvalue weighted by molar-refractivity contribution is -0.137. The Kier molecular flexibility index (Phi) is 5.20. The second kappa shape index (κ2) is 7.04. The van der Waals surface area contributed by atoms with Crippen LogP contribution in [0.4, 0.5) is 13.2 Å². The molecule has 1 atom stereocenters. The molecule has 7 heteroatoms. The van der Waals surface area contributed by atoms with Crippen molar-refractivity contribution in [1.82, 2.24) is 4.90 Å². The molecule has 0 bridgehead atoms. The van der Waals surface area contributed by atoms with E-state index in [1.54, 1.807) is 13.0 Å². The van der Waals surface area contributed by atoms with Crippen LogP contribution in [0.3, 0.4) is 0 Å². The number of piperidine rings is 1. The molecular formula is C17H20BrF3N2O. The monoisotopic (exact) mass is 404 g/mol. The van der Waals surface area contributed by atoms with E-state index in [1.165, 1.54) is 12.1 Å². The van der Waals surface area contributed by atoms with Crippen LogP contribution < -0.4 is 0 Å². The summed E-state index contributed by atoms with van der Waals surface area (Å²) in [6.07, 6.45) is -1.23. The molecule has 2 aliphatic heterocycles.